The summed E-state index contributed by atoms with van der Waals surface area (Å²) in [5, 5.41) is 10.6. The molecule has 3 N–H and O–H groups in total. The number of piperidine rings is 1. The first kappa shape index (κ1) is 42.6. The Morgan fingerprint density at radius 1 is 0.903 bits per heavy atom. The van der Waals surface area contributed by atoms with Crippen molar-refractivity contribution >= 4 is 56.8 Å². The molecule has 0 radical (unpaired) electrons. The lowest BCUT2D eigenvalue weighted by Gasteiger charge is -2.43. The van der Waals surface area contributed by atoms with Gasteiger partial charge < -0.3 is 15.5 Å². The number of anilines is 5. The number of nitrogens with zero attached hydrogens (tertiary/aromatic N) is 10. The molecule has 0 spiro atoms. The molecular weight excluding hydrogens is 832 g/mol. The zero-order valence-electron chi connectivity index (χ0n) is 34.1. The van der Waals surface area contributed by atoms with E-state index < -0.39 is 33.6 Å². The van der Waals surface area contributed by atoms with E-state index in [9.17, 15) is 36.0 Å². The van der Waals surface area contributed by atoms with Gasteiger partial charge in [-0.1, -0.05) is 12.1 Å². The van der Waals surface area contributed by atoms with Crippen molar-refractivity contribution in [2.75, 3.05) is 79.0 Å². The molecule has 22 heteroatoms. The first-order valence-corrected chi connectivity index (χ1v) is 22.0. The van der Waals surface area contributed by atoms with E-state index in [1.807, 2.05) is 42.5 Å². The van der Waals surface area contributed by atoms with E-state index in [0.717, 1.165) is 86.0 Å². The van der Waals surface area contributed by atoms with Crippen molar-refractivity contribution in [3.8, 4) is 0 Å². The highest BCUT2D eigenvalue weighted by Crippen LogP contribution is 2.35. The summed E-state index contributed by atoms with van der Waals surface area (Å²) in [6.07, 6.45) is 1.68. The summed E-state index contributed by atoms with van der Waals surface area (Å²) in [5.74, 6) is -1.18. The van der Waals surface area contributed by atoms with Crippen LogP contribution < -0.4 is 25.2 Å². The third-order valence-electron chi connectivity index (χ3n) is 11.6. The van der Waals surface area contributed by atoms with Crippen LogP contribution in [0, 0.1) is 0 Å². The Labute approximate surface area is 356 Å². The largest absolute Gasteiger partial charge is 0.421 e. The van der Waals surface area contributed by atoms with Gasteiger partial charge in [0, 0.05) is 101 Å². The number of rotatable bonds is 12. The van der Waals surface area contributed by atoms with Crippen LogP contribution in [-0.2, 0) is 40.6 Å². The lowest BCUT2D eigenvalue weighted by Crippen LogP contribution is -2.56. The van der Waals surface area contributed by atoms with Crippen molar-refractivity contribution in [1.82, 2.24) is 45.1 Å². The third kappa shape index (κ3) is 9.36. The van der Waals surface area contributed by atoms with E-state index in [2.05, 4.69) is 50.6 Å². The van der Waals surface area contributed by atoms with Crippen LogP contribution in [0.3, 0.4) is 0 Å². The van der Waals surface area contributed by atoms with Crippen molar-refractivity contribution in [2.45, 2.75) is 51.1 Å². The van der Waals surface area contributed by atoms with Crippen LogP contribution in [0.25, 0.3) is 0 Å². The minimum absolute atomic E-state index is 0.0285. The van der Waals surface area contributed by atoms with Crippen molar-refractivity contribution in [3.05, 3.63) is 89.0 Å². The van der Waals surface area contributed by atoms with Gasteiger partial charge in [0.2, 0.25) is 21.9 Å². The minimum atomic E-state index is -4.76. The van der Waals surface area contributed by atoms with Crippen molar-refractivity contribution in [1.29, 1.82) is 0 Å². The molecule has 4 aliphatic heterocycles. The summed E-state index contributed by atoms with van der Waals surface area (Å²) >= 11 is 0. The molecule has 0 atom stereocenters. The smallest absolute Gasteiger partial charge is 0.371 e. The molecule has 0 saturated carbocycles. The van der Waals surface area contributed by atoms with Gasteiger partial charge in [0.15, 0.2) is 5.82 Å². The number of carbonyl (C=O) groups is 3. The van der Waals surface area contributed by atoms with E-state index in [1.54, 1.807) is 0 Å². The van der Waals surface area contributed by atoms with Gasteiger partial charge in [0.25, 0.3) is 5.91 Å². The standard InChI is InChI=1S/C40H46F3N13O5S/c1-51(62(2,60)61)36-33(44-12-13-45-36)23-46-35-32(40(41,42)43)22-47-38(50-35)48-28-4-6-29(7-5-28)53-14-9-30(10-15-53)54-19-17-52(18-20-54)24-26-3-8-31-27(21-26)25-56(37(31)58)55-16-11-34(57)49-39(55)59/h3-8,12-13,21-22,30H,9-11,14-20,23-25H2,1-2H3,(H,49,57,59)(H2,46,47,48,50). The second kappa shape index (κ2) is 17.3. The number of hydrogen-bond donors (Lipinski definition) is 3. The Balaban J connectivity index is 0.813. The molecule has 3 fully saturated rings. The maximum absolute atomic E-state index is 14.0. The minimum Gasteiger partial charge on any atom is -0.371 e. The van der Waals surface area contributed by atoms with Crippen LogP contribution in [0.5, 0.6) is 0 Å². The second-order valence-electron chi connectivity index (χ2n) is 15.6. The van der Waals surface area contributed by atoms with Crippen molar-refractivity contribution in [3.63, 3.8) is 0 Å². The Morgan fingerprint density at radius 3 is 2.32 bits per heavy atom. The fourth-order valence-electron chi connectivity index (χ4n) is 8.21. The van der Waals surface area contributed by atoms with Crippen LogP contribution in [0.4, 0.5) is 46.9 Å². The first-order valence-electron chi connectivity index (χ1n) is 20.2. The molecule has 0 unspecified atom stereocenters. The predicted molar refractivity (Wildman–Crippen MR) is 223 cm³/mol. The van der Waals surface area contributed by atoms with Gasteiger partial charge in [-0.05, 0) is 54.3 Å². The molecule has 4 amide bonds. The number of piperazine rings is 1. The van der Waals surface area contributed by atoms with Gasteiger partial charge in [-0.2, -0.15) is 18.2 Å². The summed E-state index contributed by atoms with van der Waals surface area (Å²) in [4.78, 5) is 60.5. The molecule has 8 rings (SSSR count). The van der Waals surface area contributed by atoms with Gasteiger partial charge in [-0.15, -0.1) is 0 Å². The molecule has 3 saturated heterocycles. The van der Waals surface area contributed by atoms with Crippen LogP contribution in [0.15, 0.2) is 61.1 Å². The number of nitrogens with one attached hydrogen (secondary N) is 3. The van der Waals surface area contributed by atoms with Crippen LogP contribution in [0.1, 0.15) is 52.0 Å². The van der Waals surface area contributed by atoms with Gasteiger partial charge in [-0.25, -0.2) is 33.2 Å². The quantitative estimate of drug-likeness (QED) is 0.187. The number of benzene rings is 2. The van der Waals surface area contributed by atoms with Gasteiger partial charge in [0.1, 0.15) is 17.1 Å². The molecular formula is C40H46F3N13O5S. The molecule has 2 aromatic heterocycles. The number of alkyl halides is 3. The fourth-order valence-corrected chi connectivity index (χ4v) is 8.68. The number of carbonyl (C=O) groups excluding carboxylic acids is 3. The monoisotopic (exact) mass is 877 g/mol. The summed E-state index contributed by atoms with van der Waals surface area (Å²) in [6.45, 7) is 6.44. The fraction of sp³-hybridized carbons (Fsp3) is 0.425. The number of sulfonamides is 1. The van der Waals surface area contributed by atoms with Gasteiger partial charge >= 0.3 is 12.2 Å². The second-order valence-corrected chi connectivity index (χ2v) is 17.7. The molecule has 4 aromatic rings. The molecule has 18 nitrogen and oxygen atoms in total. The third-order valence-corrected chi connectivity index (χ3v) is 12.8. The summed E-state index contributed by atoms with van der Waals surface area (Å²) in [7, 11) is -2.43. The van der Waals surface area contributed by atoms with Crippen LogP contribution in [-0.4, -0.2) is 131 Å². The van der Waals surface area contributed by atoms with E-state index >= 15 is 0 Å². The molecule has 2 aromatic carbocycles. The Bertz CT molecular complexity index is 2440. The predicted octanol–water partition coefficient (Wildman–Crippen LogP) is 3.64. The average molecular weight is 878 g/mol. The number of aromatic nitrogens is 4. The number of hydrazine groups is 1. The maximum atomic E-state index is 14.0. The van der Waals surface area contributed by atoms with E-state index in [4.69, 9.17) is 0 Å². The number of amides is 4. The Hall–Kier alpha value is -6.13. The molecule has 4 aliphatic rings. The number of fused-ring (bicyclic) bond motifs is 1. The van der Waals surface area contributed by atoms with Crippen molar-refractivity contribution in [2.24, 2.45) is 0 Å². The Kier molecular flexibility index (Phi) is 11.9. The average Bonchev–Trinajstić information content (AvgIpc) is 3.57. The molecule has 6 heterocycles. The van der Waals surface area contributed by atoms with Crippen LogP contribution >= 0.6 is 0 Å². The number of imide groups is 1. The highest BCUT2D eigenvalue weighted by molar-refractivity contribution is 7.92. The summed E-state index contributed by atoms with van der Waals surface area (Å²) in [5.41, 5.74) is 3.19. The zero-order valence-corrected chi connectivity index (χ0v) is 34.9. The SMILES string of the molecule is CN(c1nccnc1CNc1nc(Nc2ccc(N3CCC(N4CCN(Cc5ccc6c(c5)CN(N5CCC(=O)NC5=O)C6=O)CC4)CC3)cc2)ncc1C(F)(F)F)S(C)(=O)=O. The Morgan fingerprint density at radius 2 is 1.63 bits per heavy atom. The normalized spacial score (nSPS) is 18.2. The van der Waals surface area contributed by atoms with E-state index in [0.29, 0.717) is 30.0 Å². The van der Waals surface area contributed by atoms with E-state index in [-0.39, 0.29) is 48.8 Å². The number of urea groups is 1. The summed E-state index contributed by atoms with van der Waals surface area (Å²) < 4.78 is 67.0. The molecule has 0 aliphatic carbocycles. The van der Waals surface area contributed by atoms with Crippen LogP contribution in [0.2, 0.25) is 0 Å². The lowest BCUT2D eigenvalue weighted by atomic mass is 10.0. The van der Waals surface area contributed by atoms with Gasteiger partial charge in [-0.3, -0.25) is 34.0 Å². The highest BCUT2D eigenvalue weighted by Gasteiger charge is 2.38. The van der Waals surface area contributed by atoms with Gasteiger partial charge in [0.05, 0.1) is 25.9 Å². The number of halogens is 3. The molecule has 62 heavy (non-hydrogen) atoms. The first-order chi connectivity index (χ1) is 29.6. The number of hydrogen-bond acceptors (Lipinski definition) is 14. The maximum Gasteiger partial charge on any atom is 0.421 e. The zero-order chi connectivity index (χ0) is 43.8. The topological polar surface area (TPSA) is 192 Å². The van der Waals surface area contributed by atoms with E-state index in [1.165, 1.54) is 29.5 Å². The van der Waals surface area contributed by atoms with Crippen molar-refractivity contribution < 1.29 is 36.0 Å². The lowest BCUT2D eigenvalue weighted by molar-refractivity contribution is -0.137. The molecule has 0 bridgehead atoms. The highest BCUT2D eigenvalue weighted by atomic mass is 32.2. The molecule has 328 valence electrons. The summed E-state index contributed by atoms with van der Waals surface area (Å²) in [6, 6.07) is 13.3.